The maximum absolute atomic E-state index is 12.3. The molecule has 1 aromatic carbocycles. The molecule has 0 radical (unpaired) electrons. The van der Waals surface area contributed by atoms with Gasteiger partial charge in [0, 0.05) is 20.2 Å². The van der Waals surface area contributed by atoms with E-state index in [0.717, 1.165) is 19.4 Å². The number of nitrogens with two attached hydrogens (primary N) is 1. The molecule has 1 aromatic rings. The minimum absolute atomic E-state index is 0.0430. The molecule has 1 saturated heterocycles. The lowest BCUT2D eigenvalue weighted by Crippen LogP contribution is -2.34. The van der Waals surface area contributed by atoms with Gasteiger partial charge in [-0.3, -0.25) is 4.79 Å². The van der Waals surface area contributed by atoms with Crippen molar-refractivity contribution in [2.24, 2.45) is 5.14 Å². The van der Waals surface area contributed by atoms with Gasteiger partial charge < -0.3 is 9.64 Å². The average molecular weight is 333 g/mol. The van der Waals surface area contributed by atoms with Crippen LogP contribution in [-0.2, 0) is 14.8 Å². The fraction of sp³-hybridized carbons (Fsp3) is 0.462. The predicted octanol–water partition coefficient (Wildman–Crippen LogP) is 1.24. The standard InChI is InChI=1S/C13H17ClN2O4S/c1-16(8-9-3-2-6-20-9)13(17)11-5-4-10(7-12(11)14)21(15,18)19/h4-5,7,9H,2-3,6,8H2,1H3,(H2,15,18,19)/t9-/m0/s1. The molecule has 1 amide bonds. The van der Waals surface area contributed by atoms with Crippen LogP contribution in [0.2, 0.25) is 5.02 Å². The molecule has 1 atom stereocenters. The number of benzene rings is 1. The van der Waals surface area contributed by atoms with E-state index in [1.54, 1.807) is 7.05 Å². The number of rotatable bonds is 4. The summed E-state index contributed by atoms with van der Waals surface area (Å²) < 4.78 is 28.0. The molecular formula is C13H17ClN2O4S. The molecule has 1 fully saturated rings. The number of carbonyl (C=O) groups is 1. The summed E-state index contributed by atoms with van der Waals surface area (Å²) in [5, 5.41) is 5.08. The molecule has 2 N–H and O–H groups in total. The minimum atomic E-state index is -3.84. The van der Waals surface area contributed by atoms with Gasteiger partial charge in [-0.15, -0.1) is 0 Å². The lowest BCUT2D eigenvalue weighted by Gasteiger charge is -2.21. The Kier molecular flexibility index (Phi) is 4.88. The van der Waals surface area contributed by atoms with E-state index in [2.05, 4.69) is 0 Å². The van der Waals surface area contributed by atoms with E-state index in [1.165, 1.54) is 23.1 Å². The second kappa shape index (κ2) is 6.31. The quantitative estimate of drug-likeness (QED) is 0.898. The van der Waals surface area contributed by atoms with Gasteiger partial charge in [-0.25, -0.2) is 13.6 Å². The van der Waals surface area contributed by atoms with Crippen LogP contribution >= 0.6 is 11.6 Å². The highest BCUT2D eigenvalue weighted by Crippen LogP contribution is 2.22. The topological polar surface area (TPSA) is 89.7 Å². The summed E-state index contributed by atoms with van der Waals surface area (Å²) in [6, 6.07) is 3.83. The monoisotopic (exact) mass is 332 g/mol. The first kappa shape index (κ1) is 16.2. The SMILES string of the molecule is CN(C[C@@H]1CCCO1)C(=O)c1ccc(S(N)(=O)=O)cc1Cl. The number of primary sulfonamides is 1. The number of halogens is 1. The summed E-state index contributed by atoms with van der Waals surface area (Å²) in [5.74, 6) is -0.281. The zero-order chi connectivity index (χ0) is 15.6. The number of amides is 1. The van der Waals surface area contributed by atoms with Gasteiger partial charge in [-0.05, 0) is 31.0 Å². The zero-order valence-electron chi connectivity index (χ0n) is 11.6. The third-order valence-electron chi connectivity index (χ3n) is 3.35. The fourth-order valence-corrected chi connectivity index (χ4v) is 3.09. The summed E-state index contributed by atoms with van der Waals surface area (Å²) in [6.07, 6.45) is 1.97. The number of carbonyl (C=O) groups excluding carboxylic acids is 1. The number of nitrogens with zero attached hydrogens (tertiary/aromatic N) is 1. The Morgan fingerprint density at radius 2 is 2.24 bits per heavy atom. The molecule has 0 spiro atoms. The van der Waals surface area contributed by atoms with E-state index in [1.807, 2.05) is 0 Å². The molecular weight excluding hydrogens is 316 g/mol. The zero-order valence-corrected chi connectivity index (χ0v) is 13.2. The Morgan fingerprint density at radius 3 is 2.76 bits per heavy atom. The summed E-state index contributed by atoms with van der Waals surface area (Å²) in [4.78, 5) is 13.7. The fourth-order valence-electron chi connectivity index (χ4n) is 2.23. The molecule has 1 aliphatic heterocycles. The third-order valence-corrected chi connectivity index (χ3v) is 4.57. The predicted molar refractivity (Wildman–Crippen MR) is 78.8 cm³/mol. The molecule has 116 valence electrons. The highest BCUT2D eigenvalue weighted by Gasteiger charge is 2.22. The van der Waals surface area contributed by atoms with Crippen LogP contribution in [0, 0.1) is 0 Å². The highest BCUT2D eigenvalue weighted by molar-refractivity contribution is 7.89. The van der Waals surface area contributed by atoms with E-state index >= 15 is 0 Å². The molecule has 0 saturated carbocycles. The van der Waals surface area contributed by atoms with Crippen molar-refractivity contribution in [3.8, 4) is 0 Å². The van der Waals surface area contributed by atoms with Gasteiger partial charge in [0.2, 0.25) is 10.0 Å². The van der Waals surface area contributed by atoms with Crippen molar-refractivity contribution in [1.29, 1.82) is 0 Å². The second-order valence-electron chi connectivity index (χ2n) is 5.01. The number of hydrogen-bond donors (Lipinski definition) is 1. The van der Waals surface area contributed by atoms with Crippen LogP contribution < -0.4 is 5.14 Å². The smallest absolute Gasteiger partial charge is 0.255 e. The Labute approximate surface area is 128 Å². The minimum Gasteiger partial charge on any atom is -0.376 e. The maximum Gasteiger partial charge on any atom is 0.255 e. The highest BCUT2D eigenvalue weighted by atomic mass is 35.5. The summed E-state index contributed by atoms with van der Waals surface area (Å²) in [6.45, 7) is 1.20. The Bertz CT molecular complexity index is 642. The summed E-state index contributed by atoms with van der Waals surface area (Å²) in [5.41, 5.74) is 0.240. The largest absolute Gasteiger partial charge is 0.376 e. The van der Waals surface area contributed by atoms with E-state index in [0.29, 0.717) is 6.54 Å². The van der Waals surface area contributed by atoms with Gasteiger partial charge in [0.25, 0.3) is 5.91 Å². The van der Waals surface area contributed by atoms with E-state index < -0.39 is 10.0 Å². The first-order valence-corrected chi connectivity index (χ1v) is 8.41. The van der Waals surface area contributed by atoms with Gasteiger partial charge in [0.15, 0.2) is 0 Å². The van der Waals surface area contributed by atoms with Crippen molar-refractivity contribution in [2.45, 2.75) is 23.8 Å². The molecule has 1 aliphatic rings. The van der Waals surface area contributed by atoms with E-state index in [4.69, 9.17) is 21.5 Å². The molecule has 8 heteroatoms. The van der Waals surface area contributed by atoms with Crippen molar-refractivity contribution in [3.05, 3.63) is 28.8 Å². The van der Waals surface area contributed by atoms with Gasteiger partial charge in [0.05, 0.1) is 21.6 Å². The van der Waals surface area contributed by atoms with Crippen molar-refractivity contribution in [1.82, 2.24) is 4.90 Å². The molecule has 0 bridgehead atoms. The molecule has 0 aromatic heterocycles. The number of hydrogen-bond acceptors (Lipinski definition) is 4. The van der Waals surface area contributed by atoms with Crippen molar-refractivity contribution < 1.29 is 17.9 Å². The van der Waals surface area contributed by atoms with Crippen molar-refractivity contribution >= 4 is 27.5 Å². The van der Waals surface area contributed by atoms with Gasteiger partial charge in [-0.1, -0.05) is 11.6 Å². The lowest BCUT2D eigenvalue weighted by molar-refractivity contribution is 0.0587. The van der Waals surface area contributed by atoms with Crippen LogP contribution in [0.25, 0.3) is 0 Å². The molecule has 2 rings (SSSR count). The summed E-state index contributed by atoms with van der Waals surface area (Å²) in [7, 11) is -2.18. The number of likely N-dealkylation sites (N-methyl/N-ethyl adjacent to an activating group) is 1. The number of ether oxygens (including phenoxy) is 1. The molecule has 0 unspecified atom stereocenters. The maximum atomic E-state index is 12.3. The molecule has 21 heavy (non-hydrogen) atoms. The van der Waals surface area contributed by atoms with Crippen LogP contribution in [0.5, 0.6) is 0 Å². The number of sulfonamides is 1. The van der Waals surface area contributed by atoms with E-state index in [-0.39, 0.29) is 27.5 Å². The second-order valence-corrected chi connectivity index (χ2v) is 6.98. The van der Waals surface area contributed by atoms with Gasteiger partial charge in [-0.2, -0.15) is 0 Å². The van der Waals surface area contributed by atoms with Crippen LogP contribution in [0.4, 0.5) is 0 Å². The Morgan fingerprint density at radius 1 is 1.52 bits per heavy atom. The van der Waals surface area contributed by atoms with Crippen molar-refractivity contribution in [2.75, 3.05) is 20.2 Å². The summed E-state index contributed by atoms with van der Waals surface area (Å²) >= 11 is 5.99. The Hall–Kier alpha value is -1.15. The molecule has 1 heterocycles. The van der Waals surface area contributed by atoms with Crippen LogP contribution in [0.1, 0.15) is 23.2 Å². The van der Waals surface area contributed by atoms with Crippen LogP contribution in [0.15, 0.2) is 23.1 Å². The normalized spacial score (nSPS) is 18.7. The Balaban J connectivity index is 2.15. The van der Waals surface area contributed by atoms with Gasteiger partial charge >= 0.3 is 0 Å². The first-order valence-electron chi connectivity index (χ1n) is 6.48. The van der Waals surface area contributed by atoms with Crippen LogP contribution in [-0.4, -0.2) is 45.5 Å². The van der Waals surface area contributed by atoms with Crippen LogP contribution in [0.3, 0.4) is 0 Å². The average Bonchev–Trinajstić information content (AvgIpc) is 2.89. The third kappa shape index (κ3) is 3.94. The van der Waals surface area contributed by atoms with E-state index in [9.17, 15) is 13.2 Å². The lowest BCUT2D eigenvalue weighted by atomic mass is 10.2. The first-order chi connectivity index (χ1) is 9.79. The molecule has 0 aliphatic carbocycles. The molecule has 6 nitrogen and oxygen atoms in total. The van der Waals surface area contributed by atoms with Crippen molar-refractivity contribution in [3.63, 3.8) is 0 Å². The van der Waals surface area contributed by atoms with Gasteiger partial charge in [0.1, 0.15) is 0 Å².